The number of aryl methyl sites for hydroxylation is 1. The lowest BCUT2D eigenvalue weighted by atomic mass is 10.1. The van der Waals surface area contributed by atoms with Crippen molar-refractivity contribution in [1.29, 1.82) is 0 Å². The number of benzene rings is 1. The number of nitrogens with zero attached hydrogens (tertiary/aromatic N) is 3. The van der Waals surface area contributed by atoms with E-state index in [0.717, 1.165) is 18.4 Å². The van der Waals surface area contributed by atoms with Gasteiger partial charge in [-0.1, -0.05) is 48.7 Å². The lowest BCUT2D eigenvalue weighted by Gasteiger charge is -2.27. The zero-order valence-electron chi connectivity index (χ0n) is 17.7. The summed E-state index contributed by atoms with van der Waals surface area (Å²) in [5, 5.41) is 5.60. The predicted molar refractivity (Wildman–Crippen MR) is 125 cm³/mol. The Morgan fingerprint density at radius 3 is 2.61 bits per heavy atom. The van der Waals surface area contributed by atoms with Gasteiger partial charge in [0.15, 0.2) is 9.84 Å². The zero-order valence-corrected chi connectivity index (χ0v) is 20.1. The van der Waals surface area contributed by atoms with E-state index >= 15 is 0 Å². The molecule has 6 nitrogen and oxygen atoms in total. The van der Waals surface area contributed by atoms with Crippen molar-refractivity contribution in [2.24, 2.45) is 0 Å². The first-order valence-corrected chi connectivity index (χ1v) is 12.9. The van der Waals surface area contributed by atoms with E-state index < -0.39 is 9.84 Å². The number of rotatable bonds is 8. The number of hydrogen-bond acceptors (Lipinski definition) is 4. The molecule has 1 aromatic carbocycles. The maximum absolute atomic E-state index is 12.9. The third-order valence-electron chi connectivity index (χ3n) is 5.43. The fourth-order valence-electron chi connectivity index (χ4n) is 3.70. The largest absolute Gasteiger partial charge is 0.335 e. The number of amides is 1. The molecule has 1 amide bonds. The second-order valence-electron chi connectivity index (χ2n) is 7.85. The summed E-state index contributed by atoms with van der Waals surface area (Å²) in [4.78, 5) is 14.6. The Bertz CT molecular complexity index is 1060. The van der Waals surface area contributed by atoms with Crippen LogP contribution in [0.1, 0.15) is 43.0 Å². The van der Waals surface area contributed by atoms with Crippen molar-refractivity contribution in [3.05, 3.63) is 57.3 Å². The van der Waals surface area contributed by atoms with Crippen molar-refractivity contribution in [1.82, 2.24) is 14.7 Å². The molecule has 2 heterocycles. The van der Waals surface area contributed by atoms with Crippen LogP contribution in [0.4, 0.5) is 0 Å². The molecule has 1 atom stereocenters. The minimum atomic E-state index is -3.07. The maximum atomic E-state index is 12.9. The lowest BCUT2D eigenvalue weighted by molar-refractivity contribution is -0.127. The summed E-state index contributed by atoms with van der Waals surface area (Å²) in [6.45, 7) is 4.92. The monoisotopic (exact) mass is 483 g/mol. The number of carbonyl (C=O) groups is 1. The van der Waals surface area contributed by atoms with E-state index in [1.807, 2.05) is 38.1 Å². The van der Waals surface area contributed by atoms with Gasteiger partial charge in [-0.05, 0) is 43.5 Å². The van der Waals surface area contributed by atoms with Crippen molar-refractivity contribution < 1.29 is 13.2 Å². The summed E-state index contributed by atoms with van der Waals surface area (Å²) in [6, 6.07) is 7.19. The summed E-state index contributed by atoms with van der Waals surface area (Å²) in [5.41, 5.74) is 2.40. The van der Waals surface area contributed by atoms with Crippen LogP contribution in [0.25, 0.3) is 6.08 Å². The van der Waals surface area contributed by atoms with Gasteiger partial charge in [0.25, 0.3) is 0 Å². The van der Waals surface area contributed by atoms with E-state index in [1.54, 1.807) is 15.7 Å². The molecule has 9 heteroatoms. The second kappa shape index (κ2) is 10.2. The molecule has 1 unspecified atom stereocenters. The Balaban J connectivity index is 1.76. The molecule has 0 spiro atoms. The zero-order chi connectivity index (χ0) is 22.6. The second-order valence-corrected chi connectivity index (χ2v) is 10.9. The highest BCUT2D eigenvalue weighted by Gasteiger charge is 2.33. The highest BCUT2D eigenvalue weighted by Crippen LogP contribution is 2.24. The molecular weight excluding hydrogens is 457 g/mol. The van der Waals surface area contributed by atoms with E-state index in [4.69, 9.17) is 23.2 Å². The molecule has 1 saturated heterocycles. The molecule has 0 aliphatic carbocycles. The third-order valence-corrected chi connectivity index (χ3v) is 7.83. The van der Waals surface area contributed by atoms with Gasteiger partial charge in [-0.15, -0.1) is 0 Å². The van der Waals surface area contributed by atoms with Gasteiger partial charge in [0.05, 0.1) is 23.7 Å². The highest BCUT2D eigenvalue weighted by molar-refractivity contribution is 7.91. The summed E-state index contributed by atoms with van der Waals surface area (Å²) in [7, 11) is -3.07. The van der Waals surface area contributed by atoms with E-state index in [1.165, 1.54) is 6.08 Å². The van der Waals surface area contributed by atoms with Gasteiger partial charge in [0, 0.05) is 29.2 Å². The van der Waals surface area contributed by atoms with E-state index in [2.05, 4.69) is 5.10 Å². The van der Waals surface area contributed by atoms with Crippen molar-refractivity contribution >= 4 is 45.0 Å². The van der Waals surface area contributed by atoms with Gasteiger partial charge >= 0.3 is 0 Å². The molecule has 0 saturated carbocycles. The molecule has 1 aliphatic rings. The number of carbonyl (C=O) groups excluding carboxylic acids is 1. The van der Waals surface area contributed by atoms with Crippen LogP contribution in [-0.4, -0.2) is 53.1 Å². The summed E-state index contributed by atoms with van der Waals surface area (Å²) in [5.74, 6) is -0.0223. The van der Waals surface area contributed by atoms with Crippen molar-refractivity contribution in [2.75, 3.05) is 18.1 Å². The summed E-state index contributed by atoms with van der Waals surface area (Å²) >= 11 is 12.5. The minimum Gasteiger partial charge on any atom is -0.335 e. The van der Waals surface area contributed by atoms with E-state index in [-0.39, 0.29) is 23.5 Å². The van der Waals surface area contributed by atoms with E-state index in [9.17, 15) is 13.2 Å². The molecule has 0 N–H and O–H groups in total. The number of hydrogen-bond donors (Lipinski definition) is 0. The fourth-order valence-corrected chi connectivity index (χ4v) is 5.85. The number of halogens is 2. The molecule has 2 aromatic rings. The first kappa shape index (κ1) is 23.8. The van der Waals surface area contributed by atoms with Gasteiger partial charge in [-0.2, -0.15) is 5.10 Å². The topological polar surface area (TPSA) is 72.3 Å². The summed E-state index contributed by atoms with van der Waals surface area (Å²) < 4.78 is 25.5. The predicted octanol–water partition coefficient (Wildman–Crippen LogP) is 4.38. The Kier molecular flexibility index (Phi) is 7.83. The van der Waals surface area contributed by atoms with Crippen LogP contribution in [0, 0.1) is 6.92 Å². The molecule has 1 aliphatic heterocycles. The maximum Gasteiger partial charge on any atom is 0.246 e. The SMILES string of the molecule is CCCCN(C(=O)/C=C/c1c(C)nn(Cc2ccc(Cl)cc2)c1Cl)C1CCS(=O)(=O)C1. The molecule has 1 fully saturated rings. The first-order chi connectivity index (χ1) is 14.7. The van der Waals surface area contributed by atoms with E-state index in [0.29, 0.717) is 40.9 Å². The Morgan fingerprint density at radius 1 is 1.29 bits per heavy atom. The van der Waals surface area contributed by atoms with Gasteiger partial charge in [0.1, 0.15) is 5.15 Å². The highest BCUT2D eigenvalue weighted by atomic mass is 35.5. The van der Waals surface area contributed by atoms with Crippen LogP contribution in [-0.2, 0) is 21.2 Å². The lowest BCUT2D eigenvalue weighted by Crippen LogP contribution is -2.40. The average Bonchev–Trinajstić information content (AvgIpc) is 3.20. The van der Waals surface area contributed by atoms with Crippen molar-refractivity contribution in [3.63, 3.8) is 0 Å². The molecule has 1 aromatic heterocycles. The quantitative estimate of drug-likeness (QED) is 0.522. The fraction of sp³-hybridized carbons (Fsp3) is 0.455. The molecular formula is C22H27Cl2N3O3S. The van der Waals surface area contributed by atoms with Crippen LogP contribution in [0.3, 0.4) is 0 Å². The molecule has 0 radical (unpaired) electrons. The summed E-state index contributed by atoms with van der Waals surface area (Å²) in [6.07, 6.45) is 5.39. The Labute approximate surface area is 193 Å². The van der Waals surface area contributed by atoms with Crippen molar-refractivity contribution in [2.45, 2.75) is 45.7 Å². The van der Waals surface area contributed by atoms with Crippen LogP contribution in [0.5, 0.6) is 0 Å². The number of sulfone groups is 1. The molecule has 3 rings (SSSR count). The molecule has 0 bridgehead atoms. The standard InChI is InChI=1S/C22H27Cl2N3O3S/c1-3-4-12-26(19-11-13-31(29,30)15-19)21(28)10-9-20-16(2)25-27(22(20)24)14-17-5-7-18(23)8-6-17/h5-10,19H,3-4,11-15H2,1-2H3/b10-9+. The normalized spacial score (nSPS) is 18.0. The van der Waals surface area contributed by atoms with Crippen LogP contribution < -0.4 is 0 Å². The molecule has 168 valence electrons. The third kappa shape index (κ3) is 6.11. The van der Waals surface area contributed by atoms with Crippen LogP contribution in [0.15, 0.2) is 30.3 Å². The Morgan fingerprint density at radius 2 is 2.00 bits per heavy atom. The molecule has 31 heavy (non-hydrogen) atoms. The average molecular weight is 484 g/mol. The van der Waals surface area contributed by atoms with Crippen LogP contribution in [0.2, 0.25) is 10.2 Å². The van der Waals surface area contributed by atoms with Gasteiger partial charge < -0.3 is 4.90 Å². The van der Waals surface area contributed by atoms with Crippen LogP contribution >= 0.6 is 23.2 Å². The van der Waals surface area contributed by atoms with Gasteiger partial charge in [-0.3, -0.25) is 4.79 Å². The minimum absolute atomic E-state index is 0.0368. The van der Waals surface area contributed by atoms with Crippen molar-refractivity contribution in [3.8, 4) is 0 Å². The van der Waals surface area contributed by atoms with Gasteiger partial charge in [0.2, 0.25) is 5.91 Å². The smallest absolute Gasteiger partial charge is 0.246 e. The number of aromatic nitrogens is 2. The number of unbranched alkanes of at least 4 members (excludes halogenated alkanes) is 1. The Hall–Kier alpha value is -1.83. The van der Waals surface area contributed by atoms with Gasteiger partial charge in [-0.25, -0.2) is 13.1 Å². The first-order valence-electron chi connectivity index (χ1n) is 10.4.